The molecule has 2 aromatic rings. The smallest absolute Gasteiger partial charge is 0.199 e. The first kappa shape index (κ1) is 12.8. The average molecular weight is 328 g/mol. The normalized spacial score (nSPS) is 14.2. The van der Waals surface area contributed by atoms with Crippen LogP contribution in [0.2, 0.25) is 0 Å². The highest BCUT2D eigenvalue weighted by Gasteiger charge is 2.27. The van der Waals surface area contributed by atoms with Gasteiger partial charge in [-0.3, -0.25) is 9.79 Å². The molecule has 0 fully saturated rings. The summed E-state index contributed by atoms with van der Waals surface area (Å²) in [6.07, 6.45) is 1.42. The average Bonchev–Trinajstić information content (AvgIpc) is 2.71. The molecule has 0 amide bonds. The zero-order chi connectivity index (χ0) is 14.1. The summed E-state index contributed by atoms with van der Waals surface area (Å²) in [5.74, 6) is -0.203. The van der Waals surface area contributed by atoms with Crippen molar-refractivity contribution in [2.75, 3.05) is 0 Å². The third-order valence-electron chi connectivity index (χ3n) is 3.10. The first-order valence-electron chi connectivity index (χ1n) is 6.04. The molecule has 0 saturated carbocycles. The van der Waals surface area contributed by atoms with Crippen molar-refractivity contribution < 1.29 is 9.90 Å². The van der Waals surface area contributed by atoms with Crippen LogP contribution in [-0.2, 0) is 0 Å². The van der Waals surface area contributed by atoms with Gasteiger partial charge in [0.15, 0.2) is 5.78 Å². The van der Waals surface area contributed by atoms with Crippen molar-refractivity contribution in [3.63, 3.8) is 0 Å². The lowest BCUT2D eigenvalue weighted by Crippen LogP contribution is -1.99. The zero-order valence-corrected chi connectivity index (χ0v) is 12.0. The van der Waals surface area contributed by atoms with Gasteiger partial charge in [-0.25, -0.2) is 0 Å². The summed E-state index contributed by atoms with van der Waals surface area (Å²) in [6.45, 7) is 0. The summed E-state index contributed by atoms with van der Waals surface area (Å²) < 4.78 is 0.961. The van der Waals surface area contributed by atoms with Crippen molar-refractivity contribution in [1.82, 2.24) is 0 Å². The number of hydrogen-bond acceptors (Lipinski definition) is 3. The van der Waals surface area contributed by atoms with Crippen LogP contribution >= 0.6 is 15.9 Å². The fourth-order valence-corrected chi connectivity index (χ4v) is 2.34. The number of allylic oxidation sites excluding steroid dienone is 1. The second kappa shape index (κ2) is 5.06. The van der Waals surface area contributed by atoms with E-state index in [1.165, 1.54) is 6.21 Å². The highest BCUT2D eigenvalue weighted by Crippen LogP contribution is 2.30. The maximum atomic E-state index is 12.2. The molecule has 3 rings (SSSR count). The summed E-state index contributed by atoms with van der Waals surface area (Å²) >= 11 is 3.35. The molecule has 20 heavy (non-hydrogen) atoms. The topological polar surface area (TPSA) is 49.7 Å². The Morgan fingerprint density at radius 1 is 1.00 bits per heavy atom. The van der Waals surface area contributed by atoms with E-state index in [-0.39, 0.29) is 17.1 Å². The molecule has 0 aliphatic heterocycles. The number of carbonyl (C=O) groups excluding carboxylic acids is 1. The molecule has 1 aliphatic rings. The molecule has 0 saturated heterocycles. The molecule has 0 aromatic heterocycles. The second-order valence-electron chi connectivity index (χ2n) is 4.37. The van der Waals surface area contributed by atoms with E-state index >= 15 is 0 Å². The number of aliphatic imine (C=N–C) groups is 1. The fraction of sp³-hybridized carbons (Fsp3) is 0. The molecule has 0 spiro atoms. The predicted molar refractivity (Wildman–Crippen MR) is 82.6 cm³/mol. The minimum absolute atomic E-state index is 0.00791. The van der Waals surface area contributed by atoms with Gasteiger partial charge in [0.05, 0.1) is 11.3 Å². The van der Waals surface area contributed by atoms with Gasteiger partial charge in [-0.2, -0.15) is 0 Å². The molecule has 1 aliphatic carbocycles. The Kier molecular flexibility index (Phi) is 3.24. The number of ketones is 1. The molecule has 1 N–H and O–H groups in total. The maximum Gasteiger partial charge on any atom is 0.199 e. The lowest BCUT2D eigenvalue weighted by Gasteiger charge is -1.95. The standard InChI is InChI=1S/C16H10BrNO2/c17-10-5-7-11(8-6-10)18-9-14-15(19)12-3-1-2-4-13(12)16(14)20/h1-9,19H. The molecule has 2 aromatic carbocycles. The van der Waals surface area contributed by atoms with E-state index in [9.17, 15) is 9.90 Å². The van der Waals surface area contributed by atoms with Crippen LogP contribution in [0.5, 0.6) is 0 Å². The lowest BCUT2D eigenvalue weighted by molar-refractivity contribution is 0.104. The van der Waals surface area contributed by atoms with E-state index in [2.05, 4.69) is 20.9 Å². The molecular formula is C16H10BrNO2. The minimum atomic E-state index is -0.195. The van der Waals surface area contributed by atoms with E-state index in [0.717, 1.165) is 10.2 Å². The lowest BCUT2D eigenvalue weighted by atomic mass is 10.1. The Bertz CT molecular complexity index is 745. The molecule has 0 unspecified atom stereocenters. The van der Waals surface area contributed by atoms with Gasteiger partial charge in [0.1, 0.15) is 5.76 Å². The van der Waals surface area contributed by atoms with Gasteiger partial charge in [0.2, 0.25) is 0 Å². The van der Waals surface area contributed by atoms with Gasteiger partial charge in [0.25, 0.3) is 0 Å². The summed E-state index contributed by atoms with van der Waals surface area (Å²) in [6, 6.07) is 14.4. The molecular weight excluding hydrogens is 318 g/mol. The van der Waals surface area contributed by atoms with Gasteiger partial charge >= 0.3 is 0 Å². The highest BCUT2D eigenvalue weighted by atomic mass is 79.9. The number of aliphatic hydroxyl groups excluding tert-OH is 1. The molecule has 0 heterocycles. The number of halogens is 1. The van der Waals surface area contributed by atoms with Gasteiger partial charge in [-0.05, 0) is 24.3 Å². The van der Waals surface area contributed by atoms with Crippen molar-refractivity contribution in [1.29, 1.82) is 0 Å². The van der Waals surface area contributed by atoms with Crippen LogP contribution in [-0.4, -0.2) is 17.1 Å². The van der Waals surface area contributed by atoms with Crippen molar-refractivity contribution >= 4 is 39.4 Å². The first-order valence-corrected chi connectivity index (χ1v) is 6.83. The quantitative estimate of drug-likeness (QED) is 0.835. The molecule has 0 atom stereocenters. The number of aliphatic hydroxyl groups is 1. The molecule has 3 nitrogen and oxygen atoms in total. The molecule has 4 heteroatoms. The number of fused-ring (bicyclic) bond motifs is 1. The maximum absolute atomic E-state index is 12.2. The summed E-state index contributed by atoms with van der Waals surface area (Å²) in [5, 5.41) is 10.1. The SMILES string of the molecule is O=C1C(C=Nc2ccc(Br)cc2)=C(O)c2ccccc21. The fourth-order valence-electron chi connectivity index (χ4n) is 2.07. The van der Waals surface area contributed by atoms with Crippen LogP contribution in [0.3, 0.4) is 0 Å². The Balaban J connectivity index is 1.94. The first-order chi connectivity index (χ1) is 9.66. The molecule has 98 valence electrons. The van der Waals surface area contributed by atoms with Crippen molar-refractivity contribution in [3.05, 3.63) is 69.7 Å². The summed E-state index contributed by atoms with van der Waals surface area (Å²) in [5.41, 5.74) is 2.03. The van der Waals surface area contributed by atoms with Crippen molar-refractivity contribution in [3.8, 4) is 0 Å². The third kappa shape index (κ3) is 2.18. The highest BCUT2D eigenvalue weighted by molar-refractivity contribution is 9.10. The predicted octanol–water partition coefficient (Wildman–Crippen LogP) is 4.32. The van der Waals surface area contributed by atoms with Gasteiger partial charge in [-0.1, -0.05) is 40.2 Å². The summed E-state index contributed by atoms with van der Waals surface area (Å²) in [4.78, 5) is 16.4. The molecule has 0 radical (unpaired) electrons. The molecule has 0 bridgehead atoms. The van der Waals surface area contributed by atoms with E-state index in [4.69, 9.17) is 0 Å². The van der Waals surface area contributed by atoms with Crippen LogP contribution in [0.15, 0.2) is 63.6 Å². The number of benzene rings is 2. The van der Waals surface area contributed by atoms with Crippen LogP contribution in [0, 0.1) is 0 Å². The Labute approximate surface area is 124 Å². The monoisotopic (exact) mass is 327 g/mol. The third-order valence-corrected chi connectivity index (χ3v) is 3.62. The summed E-state index contributed by atoms with van der Waals surface area (Å²) in [7, 11) is 0. The van der Waals surface area contributed by atoms with Crippen molar-refractivity contribution in [2.45, 2.75) is 0 Å². The Morgan fingerprint density at radius 3 is 2.30 bits per heavy atom. The van der Waals surface area contributed by atoms with E-state index in [1.54, 1.807) is 24.3 Å². The number of hydrogen-bond donors (Lipinski definition) is 1. The van der Waals surface area contributed by atoms with Crippen LogP contribution in [0.1, 0.15) is 15.9 Å². The minimum Gasteiger partial charge on any atom is -0.506 e. The number of Topliss-reactive ketones (excluding diaryl/α,β-unsaturated/α-hetero) is 1. The number of carbonyl (C=O) groups is 1. The van der Waals surface area contributed by atoms with Crippen LogP contribution < -0.4 is 0 Å². The van der Waals surface area contributed by atoms with E-state index in [0.29, 0.717) is 11.1 Å². The number of nitrogens with zero attached hydrogens (tertiary/aromatic N) is 1. The second-order valence-corrected chi connectivity index (χ2v) is 5.29. The number of rotatable bonds is 2. The van der Waals surface area contributed by atoms with Gasteiger partial charge in [-0.15, -0.1) is 0 Å². The van der Waals surface area contributed by atoms with Crippen molar-refractivity contribution in [2.24, 2.45) is 4.99 Å². The van der Waals surface area contributed by atoms with Gasteiger partial charge < -0.3 is 5.11 Å². The van der Waals surface area contributed by atoms with Crippen LogP contribution in [0.4, 0.5) is 5.69 Å². The zero-order valence-electron chi connectivity index (χ0n) is 10.4. The van der Waals surface area contributed by atoms with Gasteiger partial charge in [0, 0.05) is 21.8 Å². The van der Waals surface area contributed by atoms with E-state index < -0.39 is 0 Å². The Morgan fingerprint density at radius 2 is 1.65 bits per heavy atom. The van der Waals surface area contributed by atoms with Crippen LogP contribution in [0.25, 0.3) is 5.76 Å². The largest absolute Gasteiger partial charge is 0.506 e. The van der Waals surface area contributed by atoms with E-state index in [1.807, 2.05) is 24.3 Å². The Hall–Kier alpha value is -2.20.